The minimum Gasteiger partial charge on any atom is -0.480 e. The standard InChI is InChI=1S/C72H112O48S8/c1-17(57(89)90)121-9-25-49-33(73)41(81)65(105-25)114-50-26(10-122-18(2)58(91)92)107-67(43(83)35(50)75)116-52-28(12-124-20(4)60(95)96)109-69(45(85)37(52)77)118-54-30(14-126-22(6)62(99)100)111-71(47(87)39(54)79)120-56-32(16-128-24(8)64(103)104)112-72(48(88)40(56)80)119-55-31(15-127-23(7)63(101)102)110-70(46(86)38(55)78)117-53-29(13-125-21(5)61(97)98)108-68(44(84)36(53)76)115-51-27(11-123-19(3)59(93)94)106-66(113-49)42(82)34(51)74/h17-56,65-88H,9-16H2,1-8H3,(H,89,90)(H,91,92)(H,93,94)(H,95,96)(H,97,98)(H,99,100)(H,101,102)(H,103,104)/t17?,18?,19?,20?,21?,22?,23?,24?,25-,26-,27-,28-,29-,30-,31-,32-,33-,34-,35-,36-,37-,38-,39-,40-,41-,42-,43-,44-,45-,46-,47-,48-,49-,50-,51-,52-,53-,54-,55-,56-,65-,66-,67-,68-,69-,70-,71-,72-/m1/s1. The van der Waals surface area contributed by atoms with Crippen LogP contribution in [0.5, 0.6) is 0 Å². The second-order valence-electron chi connectivity index (χ2n) is 31.5. The van der Waals surface area contributed by atoms with Crippen LogP contribution in [0.2, 0.25) is 0 Å². The van der Waals surface area contributed by atoms with E-state index >= 15 is 0 Å². The zero-order chi connectivity index (χ0) is 95.0. The molecule has 0 spiro atoms. The van der Waals surface area contributed by atoms with E-state index in [1.165, 1.54) is 55.4 Å². The summed E-state index contributed by atoms with van der Waals surface area (Å²) in [5.74, 6) is -15.7. The van der Waals surface area contributed by atoms with E-state index in [1.807, 2.05) is 0 Å². The van der Waals surface area contributed by atoms with Crippen LogP contribution in [0.15, 0.2) is 0 Å². The largest absolute Gasteiger partial charge is 0.480 e. The Hall–Kier alpha value is -2.72. The summed E-state index contributed by atoms with van der Waals surface area (Å²) in [4.78, 5) is 98.7. The molecule has 30 rings (SSSR count). The second kappa shape index (κ2) is 48.5. The molecule has 30 saturated heterocycles. The van der Waals surface area contributed by atoms with E-state index < -0.39 is 381 Å². The van der Waals surface area contributed by atoms with Crippen molar-refractivity contribution in [1.29, 1.82) is 0 Å². The van der Waals surface area contributed by atoms with Crippen LogP contribution in [0.3, 0.4) is 0 Å². The minimum absolute atomic E-state index is 0.563. The van der Waals surface area contributed by atoms with E-state index in [2.05, 4.69) is 0 Å². The van der Waals surface area contributed by atoms with Crippen molar-refractivity contribution in [2.45, 2.75) is 343 Å². The van der Waals surface area contributed by atoms with Crippen molar-refractivity contribution in [2.24, 2.45) is 0 Å². The van der Waals surface area contributed by atoms with Gasteiger partial charge in [0.2, 0.25) is 0 Å². The minimum atomic E-state index is -2.41. The molecule has 0 saturated carbocycles. The van der Waals surface area contributed by atoms with Crippen molar-refractivity contribution >= 4 is 142 Å². The van der Waals surface area contributed by atoms with Crippen molar-refractivity contribution in [3.63, 3.8) is 0 Å². The normalized spacial score (nSPS) is 43.6. The number of ether oxygens (including phenoxy) is 16. The Bertz CT molecular complexity index is 2950. The fourth-order valence-corrected chi connectivity index (χ4v) is 21.4. The van der Waals surface area contributed by atoms with E-state index in [9.17, 15) is 161 Å². The molecule has 56 heteroatoms. The number of thioether (sulfide) groups is 8. The molecule has 30 heterocycles. The van der Waals surface area contributed by atoms with Crippen molar-refractivity contribution in [2.75, 3.05) is 46.0 Å². The predicted molar refractivity (Wildman–Crippen MR) is 441 cm³/mol. The van der Waals surface area contributed by atoms with Gasteiger partial charge in [-0.05, 0) is 55.4 Å². The lowest BCUT2D eigenvalue weighted by atomic mass is 9.95. The van der Waals surface area contributed by atoms with Crippen LogP contribution in [0.25, 0.3) is 0 Å². The summed E-state index contributed by atoms with van der Waals surface area (Å²) in [5.41, 5.74) is 0. The lowest BCUT2D eigenvalue weighted by Gasteiger charge is -2.51. The van der Waals surface area contributed by atoms with Gasteiger partial charge in [-0.3, -0.25) is 38.4 Å². The molecule has 0 amide bonds. The van der Waals surface area contributed by atoms with Gasteiger partial charge < -0.3 is 198 Å². The second-order valence-corrected chi connectivity index (χ2v) is 42.5. The number of rotatable bonds is 32. The maximum atomic E-state index is 12.3. The molecule has 0 radical (unpaired) electrons. The number of aliphatic carboxylic acids is 8. The summed E-state index contributed by atoms with van der Waals surface area (Å²) < 4.78 is 99.5. The Kier molecular flexibility index (Phi) is 41.3. The molecule has 0 aromatic rings. The van der Waals surface area contributed by atoms with Gasteiger partial charge in [0.15, 0.2) is 50.3 Å². The third-order valence-electron chi connectivity index (χ3n) is 22.3. The van der Waals surface area contributed by atoms with Crippen molar-refractivity contribution in [3.05, 3.63) is 0 Å². The first-order valence-corrected chi connectivity index (χ1v) is 48.5. The Morgan fingerprint density at radius 1 is 0.172 bits per heavy atom. The van der Waals surface area contributed by atoms with E-state index in [0.29, 0.717) is 94.1 Å². The van der Waals surface area contributed by atoms with Crippen LogP contribution in [0.1, 0.15) is 55.4 Å². The Morgan fingerprint density at radius 3 is 0.336 bits per heavy atom. The maximum absolute atomic E-state index is 12.3. The highest BCUT2D eigenvalue weighted by Gasteiger charge is 2.62. The first kappa shape index (κ1) is 109. The molecule has 30 aliphatic heterocycles. The van der Waals surface area contributed by atoms with Crippen LogP contribution in [0.4, 0.5) is 0 Å². The van der Waals surface area contributed by atoms with Crippen LogP contribution in [-0.2, 0) is 114 Å². The van der Waals surface area contributed by atoms with Crippen LogP contribution in [-0.4, -0.2) is 504 Å². The van der Waals surface area contributed by atoms with Crippen LogP contribution < -0.4 is 0 Å². The summed E-state index contributed by atoms with van der Waals surface area (Å²) >= 11 is 5.05. The molecule has 0 aliphatic carbocycles. The van der Waals surface area contributed by atoms with Gasteiger partial charge >= 0.3 is 47.8 Å². The van der Waals surface area contributed by atoms with Gasteiger partial charge in [0.1, 0.15) is 146 Å². The maximum Gasteiger partial charge on any atom is 0.316 e. The first-order valence-electron chi connectivity index (χ1n) is 40.2. The van der Waals surface area contributed by atoms with Crippen LogP contribution in [0, 0.1) is 0 Å². The number of hydrogen-bond donors (Lipinski definition) is 24. The molecule has 128 heavy (non-hydrogen) atoms. The number of carboxylic acid groups (broad SMARTS) is 8. The van der Waals surface area contributed by atoms with E-state index in [4.69, 9.17) is 75.8 Å². The Balaban J connectivity index is 1.14. The lowest BCUT2D eigenvalue weighted by molar-refractivity contribution is -0.396. The molecule has 24 N–H and O–H groups in total. The molecular weight excluding hydrogens is 1890 g/mol. The van der Waals surface area contributed by atoms with Crippen LogP contribution >= 0.6 is 94.1 Å². The fourth-order valence-electron chi connectivity index (χ4n) is 14.3. The predicted octanol–water partition coefficient (Wildman–Crippen LogP) is -7.69. The first-order chi connectivity index (χ1) is 60.0. The van der Waals surface area contributed by atoms with Crippen molar-refractivity contribution < 1.29 is 237 Å². The third-order valence-corrected chi connectivity index (χ3v) is 32.1. The molecule has 0 aromatic heterocycles. The molecule has 736 valence electrons. The highest BCUT2D eigenvalue weighted by Crippen LogP contribution is 2.44. The molecule has 16 bridgehead atoms. The Labute approximate surface area is 763 Å². The molecule has 8 unspecified atom stereocenters. The summed E-state index contributed by atoms with van der Waals surface area (Å²) in [5, 5.41) is 265. The van der Waals surface area contributed by atoms with Gasteiger partial charge in [-0.25, -0.2) is 0 Å². The van der Waals surface area contributed by atoms with E-state index in [-0.39, 0.29) is 0 Å². The van der Waals surface area contributed by atoms with Gasteiger partial charge in [0, 0.05) is 46.0 Å². The molecular formula is C72H112O48S8. The summed E-state index contributed by atoms with van der Waals surface area (Å²) in [6, 6.07) is 0. The highest BCUT2D eigenvalue weighted by atomic mass is 32.2. The van der Waals surface area contributed by atoms with E-state index in [0.717, 1.165) is 0 Å². The van der Waals surface area contributed by atoms with Gasteiger partial charge in [-0.15, -0.1) is 94.1 Å². The van der Waals surface area contributed by atoms with Gasteiger partial charge in [-0.2, -0.15) is 0 Å². The quantitative estimate of drug-likeness (QED) is 0.0297. The van der Waals surface area contributed by atoms with Crippen molar-refractivity contribution in [1.82, 2.24) is 0 Å². The zero-order valence-electron chi connectivity index (χ0n) is 69.2. The molecule has 30 fully saturated rings. The molecule has 48 nitrogen and oxygen atoms in total. The third kappa shape index (κ3) is 27.0. The summed E-state index contributed by atoms with van der Waals surface area (Å²) in [6.07, 6.45) is -86.6. The molecule has 30 aliphatic rings. The Morgan fingerprint density at radius 2 is 0.258 bits per heavy atom. The summed E-state index contributed by atoms with van der Waals surface area (Å²) in [7, 11) is 0. The number of carbonyl (C=O) groups is 8. The number of carboxylic acids is 8. The number of aliphatic hydroxyl groups excluding tert-OH is 16. The lowest BCUT2D eigenvalue weighted by Crippen LogP contribution is -2.69. The average molecular weight is 2000 g/mol. The molecule has 48 atom stereocenters. The number of hydrogen-bond acceptors (Lipinski definition) is 48. The van der Waals surface area contributed by atoms with Crippen molar-refractivity contribution in [3.8, 4) is 0 Å². The smallest absolute Gasteiger partial charge is 0.316 e. The molecule has 0 aromatic carbocycles. The summed E-state index contributed by atoms with van der Waals surface area (Å²) in [6.45, 7) is 9.85. The topological polar surface area (TPSA) is 770 Å². The van der Waals surface area contributed by atoms with Gasteiger partial charge in [0.25, 0.3) is 0 Å². The zero-order valence-corrected chi connectivity index (χ0v) is 75.7. The monoisotopic (exact) mass is 2000 g/mol. The highest BCUT2D eigenvalue weighted by molar-refractivity contribution is 8.02. The fraction of sp³-hybridized carbons (Fsp3) is 0.889. The SMILES string of the molecule is CC(SC[C@H]1O[C@@H]2O[C@H]3[C@H](O)[C@@H](O)[C@@H](O[C@H]4[C@H](O)[C@@H](O)[C@@H](O[C@H]5[C@H](O)[C@@H](O)[C@@H](O[C@H]6[C@H](O)[C@@H](O)[C@@H](O[C@H]7[C@H](O)[C@@H](O)[C@@H](O[C@H]8[C@H](O)[C@@H](O)[C@@H](O[C@H]9[C@H](O)[C@@H](O)[C@@H](O[C@H]1[C@H](O)[C@H]2O)O[C@@H]9CSC(C)C(=O)O)O[C@@H]8CSC(C)C(=O)O)O[C@@H]7CSC(C)C(=O)O)O[C@@H]6CSC(C)C(=O)O)O[C@@H]5CSC(C)C(=O)O)O[C@@H]4CSC(C)C(=O)O)O[C@@H]3CSC(C)C(=O)O)C(=O)O. The van der Waals surface area contributed by atoms with Gasteiger partial charge in [0.05, 0.1) is 90.8 Å². The van der Waals surface area contributed by atoms with E-state index in [1.54, 1.807) is 0 Å². The average Bonchev–Trinajstić information content (AvgIpc) is 0.767. The van der Waals surface area contributed by atoms with Gasteiger partial charge in [-0.1, -0.05) is 0 Å². The number of aliphatic hydroxyl groups is 16.